The number of ketones is 2. The number of unbranched alkanes of at least 4 members (excludes halogenated alkanes) is 1. The van der Waals surface area contributed by atoms with Crippen LogP contribution >= 0.6 is 0 Å². The van der Waals surface area contributed by atoms with E-state index in [0.717, 1.165) is 12.8 Å². The predicted molar refractivity (Wildman–Crippen MR) is 88.8 cm³/mol. The van der Waals surface area contributed by atoms with E-state index in [0.29, 0.717) is 42.4 Å². The highest BCUT2D eigenvalue weighted by Crippen LogP contribution is 2.30. The van der Waals surface area contributed by atoms with E-state index in [1.54, 1.807) is 25.2 Å². The van der Waals surface area contributed by atoms with Gasteiger partial charge in [-0.25, -0.2) is 0 Å². The fourth-order valence-electron chi connectivity index (χ4n) is 2.23. The molecule has 0 aliphatic carbocycles. The summed E-state index contributed by atoms with van der Waals surface area (Å²) in [4.78, 5) is 28.2. The molecule has 1 aromatic rings. The molecule has 0 amide bonds. The number of benzene rings is 1. The Balaban J connectivity index is 2.04. The molecule has 1 aromatic carbocycles. The van der Waals surface area contributed by atoms with Crippen molar-refractivity contribution >= 4 is 17.3 Å². The lowest BCUT2D eigenvalue weighted by molar-refractivity contribution is -0.109. The monoisotopic (exact) mass is 315 g/mol. The zero-order valence-corrected chi connectivity index (χ0v) is 13.5. The normalized spacial score (nSPS) is 14.1. The second-order valence-corrected chi connectivity index (χ2v) is 5.19. The van der Waals surface area contributed by atoms with E-state index < -0.39 is 0 Å². The Kier molecular flexibility index (Phi) is 6.09. The van der Waals surface area contributed by atoms with Crippen LogP contribution in [0.1, 0.15) is 36.5 Å². The van der Waals surface area contributed by atoms with Crippen LogP contribution in [-0.4, -0.2) is 37.5 Å². The lowest BCUT2D eigenvalue weighted by atomic mass is 10.1. The Hall–Kier alpha value is -2.43. The van der Waals surface area contributed by atoms with Gasteiger partial charge in [0.25, 0.3) is 0 Å². The van der Waals surface area contributed by atoms with Crippen LogP contribution in [0.5, 0.6) is 11.5 Å². The van der Waals surface area contributed by atoms with Crippen molar-refractivity contribution < 1.29 is 19.1 Å². The third kappa shape index (κ3) is 4.52. The Labute approximate surface area is 136 Å². The first-order valence-corrected chi connectivity index (χ1v) is 7.77. The molecular formula is C18H21NO4. The Morgan fingerprint density at radius 2 is 1.91 bits per heavy atom. The number of nitrogens with zero attached hydrogens (tertiary/aromatic N) is 1. The summed E-state index contributed by atoms with van der Waals surface area (Å²) in [7, 11) is 1.60. The van der Waals surface area contributed by atoms with E-state index in [4.69, 9.17) is 9.47 Å². The first-order valence-electron chi connectivity index (χ1n) is 7.77. The van der Waals surface area contributed by atoms with Gasteiger partial charge < -0.3 is 9.47 Å². The van der Waals surface area contributed by atoms with Gasteiger partial charge in [-0.05, 0) is 43.2 Å². The molecule has 0 N–H and O–H groups in total. The van der Waals surface area contributed by atoms with Crippen molar-refractivity contribution in [3.05, 3.63) is 35.9 Å². The molecule has 5 heteroatoms. The molecule has 0 fully saturated rings. The third-order valence-electron chi connectivity index (χ3n) is 3.53. The molecule has 2 rings (SSSR count). The molecule has 0 radical (unpaired) electrons. The van der Waals surface area contributed by atoms with Gasteiger partial charge in [-0.1, -0.05) is 13.3 Å². The van der Waals surface area contributed by atoms with Gasteiger partial charge >= 0.3 is 0 Å². The Morgan fingerprint density at radius 1 is 1.17 bits per heavy atom. The van der Waals surface area contributed by atoms with Crippen molar-refractivity contribution in [2.75, 3.05) is 20.3 Å². The third-order valence-corrected chi connectivity index (χ3v) is 3.53. The summed E-state index contributed by atoms with van der Waals surface area (Å²) in [6.07, 6.45) is 5.10. The second-order valence-electron chi connectivity index (χ2n) is 5.19. The number of carbonyl (C=O) groups excluding carboxylic acids is 2. The lowest BCUT2D eigenvalue weighted by Crippen LogP contribution is -2.15. The van der Waals surface area contributed by atoms with Crippen molar-refractivity contribution in [3.8, 4) is 11.5 Å². The predicted octanol–water partition coefficient (Wildman–Crippen LogP) is 3.03. The van der Waals surface area contributed by atoms with Crippen LogP contribution in [0.15, 0.2) is 35.3 Å². The summed E-state index contributed by atoms with van der Waals surface area (Å²) in [5.41, 5.74) is 0.958. The number of allylic oxidation sites excluding steroid dienone is 2. The minimum absolute atomic E-state index is 0.216. The highest BCUT2D eigenvalue weighted by Gasteiger charge is 2.14. The summed E-state index contributed by atoms with van der Waals surface area (Å²) in [5, 5.41) is 0. The summed E-state index contributed by atoms with van der Waals surface area (Å²) >= 11 is 0. The van der Waals surface area contributed by atoms with Crippen molar-refractivity contribution in [2.45, 2.75) is 26.2 Å². The zero-order chi connectivity index (χ0) is 16.7. The van der Waals surface area contributed by atoms with Crippen LogP contribution in [-0.2, 0) is 4.79 Å². The van der Waals surface area contributed by atoms with Crippen molar-refractivity contribution in [1.82, 2.24) is 0 Å². The summed E-state index contributed by atoms with van der Waals surface area (Å²) in [6, 6.07) is 5.01. The standard InChI is InChI=1S/C18H21NO4/c1-3-4-5-14(19-2)16(21)8-7-15(20)13-6-9-17-18(12-13)23-11-10-22-17/h6-9,12H,3-5,10-11H2,1-2H3/b8-7+,19-14?. The van der Waals surface area contributed by atoms with Crippen LogP contribution in [0.25, 0.3) is 0 Å². The molecule has 1 heterocycles. The topological polar surface area (TPSA) is 65.0 Å². The van der Waals surface area contributed by atoms with Crippen LogP contribution in [0.3, 0.4) is 0 Å². The maximum Gasteiger partial charge on any atom is 0.199 e. The Morgan fingerprint density at radius 3 is 2.61 bits per heavy atom. The molecule has 0 spiro atoms. The maximum absolute atomic E-state index is 12.2. The molecule has 0 bridgehead atoms. The van der Waals surface area contributed by atoms with Crippen LogP contribution in [0.4, 0.5) is 0 Å². The fraction of sp³-hybridized carbons (Fsp3) is 0.389. The van der Waals surface area contributed by atoms with Gasteiger partial charge in [0, 0.05) is 12.6 Å². The molecule has 1 aliphatic rings. The molecule has 0 unspecified atom stereocenters. The average Bonchev–Trinajstić information content (AvgIpc) is 2.59. The van der Waals surface area contributed by atoms with Crippen molar-refractivity contribution in [1.29, 1.82) is 0 Å². The molecular weight excluding hydrogens is 294 g/mol. The number of ether oxygens (including phenoxy) is 2. The molecule has 0 atom stereocenters. The molecule has 122 valence electrons. The minimum atomic E-state index is -0.249. The van der Waals surface area contributed by atoms with Gasteiger partial charge in [0.05, 0.1) is 5.71 Å². The lowest BCUT2D eigenvalue weighted by Gasteiger charge is -2.18. The first kappa shape index (κ1) is 16.9. The van der Waals surface area contributed by atoms with Gasteiger partial charge in [0.2, 0.25) is 0 Å². The van der Waals surface area contributed by atoms with Crippen LogP contribution in [0, 0.1) is 0 Å². The van der Waals surface area contributed by atoms with E-state index in [2.05, 4.69) is 11.9 Å². The van der Waals surface area contributed by atoms with Crippen molar-refractivity contribution in [3.63, 3.8) is 0 Å². The quantitative estimate of drug-likeness (QED) is 0.441. The smallest absolute Gasteiger partial charge is 0.199 e. The summed E-state index contributed by atoms with van der Waals surface area (Å²) in [5.74, 6) is 0.724. The second kappa shape index (κ2) is 8.27. The van der Waals surface area contributed by atoms with E-state index in [9.17, 15) is 9.59 Å². The van der Waals surface area contributed by atoms with Gasteiger partial charge in [-0.15, -0.1) is 0 Å². The van der Waals surface area contributed by atoms with Crippen molar-refractivity contribution in [2.24, 2.45) is 4.99 Å². The molecule has 0 saturated heterocycles. The fourth-order valence-corrected chi connectivity index (χ4v) is 2.23. The maximum atomic E-state index is 12.2. The molecule has 0 saturated carbocycles. The number of aliphatic imine (C=N–C) groups is 1. The Bertz CT molecular complexity index is 646. The number of fused-ring (bicyclic) bond motifs is 1. The van der Waals surface area contributed by atoms with E-state index >= 15 is 0 Å². The van der Waals surface area contributed by atoms with E-state index in [-0.39, 0.29) is 11.6 Å². The number of carbonyl (C=O) groups is 2. The van der Waals surface area contributed by atoms with Crippen LogP contribution in [0.2, 0.25) is 0 Å². The number of hydrogen-bond acceptors (Lipinski definition) is 5. The van der Waals surface area contributed by atoms with E-state index in [1.165, 1.54) is 12.2 Å². The molecule has 23 heavy (non-hydrogen) atoms. The highest BCUT2D eigenvalue weighted by molar-refractivity contribution is 6.44. The largest absolute Gasteiger partial charge is 0.486 e. The van der Waals surface area contributed by atoms with E-state index in [1.807, 2.05) is 0 Å². The average molecular weight is 315 g/mol. The minimum Gasteiger partial charge on any atom is -0.486 e. The summed E-state index contributed by atoms with van der Waals surface area (Å²) in [6.45, 7) is 3.03. The molecule has 1 aliphatic heterocycles. The van der Waals surface area contributed by atoms with Gasteiger partial charge in [0.1, 0.15) is 13.2 Å². The first-order chi connectivity index (χ1) is 11.2. The summed E-state index contributed by atoms with van der Waals surface area (Å²) < 4.78 is 10.9. The van der Waals surface area contributed by atoms with Gasteiger partial charge in [-0.3, -0.25) is 14.6 Å². The van der Waals surface area contributed by atoms with Gasteiger partial charge in [-0.2, -0.15) is 0 Å². The SMILES string of the molecule is CCCCC(=NC)C(=O)/C=C/C(=O)c1ccc2c(c1)OCCO2. The zero-order valence-electron chi connectivity index (χ0n) is 13.5. The highest BCUT2D eigenvalue weighted by atomic mass is 16.6. The van der Waals surface area contributed by atoms with Crippen LogP contribution < -0.4 is 9.47 Å². The molecule has 0 aromatic heterocycles. The number of hydrogen-bond donors (Lipinski definition) is 0. The number of rotatable bonds is 7. The molecule has 5 nitrogen and oxygen atoms in total. The van der Waals surface area contributed by atoms with Gasteiger partial charge in [0.15, 0.2) is 23.1 Å².